The summed E-state index contributed by atoms with van der Waals surface area (Å²) in [5.74, 6) is 2.03. The summed E-state index contributed by atoms with van der Waals surface area (Å²) in [6.45, 7) is 8.47. The molecular weight excluding hydrogens is 266 g/mol. The first-order valence-electron chi connectivity index (χ1n) is 7.75. The van der Waals surface area contributed by atoms with Crippen molar-refractivity contribution in [2.75, 3.05) is 29.9 Å². The lowest BCUT2D eigenvalue weighted by Gasteiger charge is -2.34. The summed E-state index contributed by atoms with van der Waals surface area (Å²) < 4.78 is 0. The van der Waals surface area contributed by atoms with Crippen LogP contribution in [0.15, 0.2) is 6.33 Å². The molecule has 1 aliphatic rings. The molecule has 0 aromatic carbocycles. The molecule has 21 heavy (non-hydrogen) atoms. The molecular formula is C15H25N5O. The molecule has 1 aromatic rings. The van der Waals surface area contributed by atoms with E-state index in [4.69, 9.17) is 0 Å². The van der Waals surface area contributed by atoms with Crippen LogP contribution in [-0.4, -0.2) is 41.6 Å². The predicted molar refractivity (Wildman–Crippen MR) is 84.6 cm³/mol. The van der Waals surface area contributed by atoms with Gasteiger partial charge in [0.25, 0.3) is 0 Å². The quantitative estimate of drug-likeness (QED) is 0.862. The van der Waals surface area contributed by atoms with E-state index in [0.717, 1.165) is 50.5 Å². The summed E-state index contributed by atoms with van der Waals surface area (Å²) in [7, 11) is 0. The van der Waals surface area contributed by atoms with Gasteiger partial charge >= 0.3 is 0 Å². The van der Waals surface area contributed by atoms with Gasteiger partial charge in [0.15, 0.2) is 0 Å². The minimum atomic E-state index is 0.0548. The second-order valence-corrected chi connectivity index (χ2v) is 5.37. The van der Waals surface area contributed by atoms with Crippen LogP contribution in [0.25, 0.3) is 0 Å². The highest BCUT2D eigenvalue weighted by molar-refractivity contribution is 5.73. The second kappa shape index (κ2) is 7.24. The third kappa shape index (κ3) is 3.83. The lowest BCUT2D eigenvalue weighted by molar-refractivity contribution is -0.119. The molecule has 0 aliphatic carbocycles. The molecule has 0 spiro atoms. The standard InChI is InChI=1S/C15H25N5O/c1-4-13-14(16-5-2)17-10-18-15(13)20-8-6-12(7-9-20)19-11(3)21/h10,12H,4-9H2,1-3H3,(H,19,21)(H,16,17,18). The maximum Gasteiger partial charge on any atom is 0.217 e. The van der Waals surface area contributed by atoms with Crippen molar-refractivity contribution in [1.82, 2.24) is 15.3 Å². The first-order valence-corrected chi connectivity index (χ1v) is 7.75. The van der Waals surface area contributed by atoms with Crippen molar-refractivity contribution in [2.45, 2.75) is 46.1 Å². The number of hydrogen-bond donors (Lipinski definition) is 2. The zero-order chi connectivity index (χ0) is 15.2. The highest BCUT2D eigenvalue weighted by Gasteiger charge is 2.23. The zero-order valence-electron chi connectivity index (χ0n) is 13.1. The molecule has 0 bridgehead atoms. The van der Waals surface area contributed by atoms with Gasteiger partial charge in [-0.3, -0.25) is 4.79 Å². The van der Waals surface area contributed by atoms with Crippen molar-refractivity contribution in [3.63, 3.8) is 0 Å². The number of carbonyl (C=O) groups excluding carboxylic acids is 1. The monoisotopic (exact) mass is 291 g/mol. The molecule has 1 aromatic heterocycles. The number of nitrogens with one attached hydrogen (secondary N) is 2. The maximum absolute atomic E-state index is 11.1. The SMILES string of the molecule is CCNc1ncnc(N2CCC(NC(C)=O)CC2)c1CC. The van der Waals surface area contributed by atoms with E-state index in [1.807, 2.05) is 0 Å². The lowest BCUT2D eigenvalue weighted by atomic mass is 10.0. The normalized spacial score (nSPS) is 15.9. The summed E-state index contributed by atoms with van der Waals surface area (Å²) in [5, 5.41) is 6.31. The fraction of sp³-hybridized carbons (Fsp3) is 0.667. The van der Waals surface area contributed by atoms with Gasteiger partial charge in [0.05, 0.1) is 0 Å². The largest absolute Gasteiger partial charge is 0.370 e. The third-order valence-corrected chi connectivity index (χ3v) is 3.82. The molecule has 6 heteroatoms. The van der Waals surface area contributed by atoms with Gasteiger partial charge in [0, 0.05) is 38.2 Å². The van der Waals surface area contributed by atoms with Crippen molar-refractivity contribution >= 4 is 17.5 Å². The second-order valence-electron chi connectivity index (χ2n) is 5.37. The molecule has 0 atom stereocenters. The zero-order valence-corrected chi connectivity index (χ0v) is 13.1. The Balaban J connectivity index is 2.09. The summed E-state index contributed by atoms with van der Waals surface area (Å²) in [6.07, 6.45) is 4.46. The van der Waals surface area contributed by atoms with Crippen LogP contribution in [0.1, 0.15) is 39.2 Å². The molecule has 116 valence electrons. The summed E-state index contributed by atoms with van der Waals surface area (Å²) >= 11 is 0. The fourth-order valence-corrected chi connectivity index (χ4v) is 2.84. The van der Waals surface area contributed by atoms with Crippen molar-refractivity contribution in [1.29, 1.82) is 0 Å². The summed E-state index contributed by atoms with van der Waals surface area (Å²) in [4.78, 5) is 22.3. The van der Waals surface area contributed by atoms with Crippen molar-refractivity contribution in [3.8, 4) is 0 Å². The van der Waals surface area contributed by atoms with Crippen LogP contribution < -0.4 is 15.5 Å². The molecule has 0 saturated carbocycles. The van der Waals surface area contributed by atoms with E-state index in [1.54, 1.807) is 13.3 Å². The Hall–Kier alpha value is -1.85. The van der Waals surface area contributed by atoms with E-state index >= 15 is 0 Å². The van der Waals surface area contributed by atoms with Gasteiger partial charge in [0.1, 0.15) is 18.0 Å². The van der Waals surface area contributed by atoms with Gasteiger partial charge in [-0.25, -0.2) is 9.97 Å². The van der Waals surface area contributed by atoms with Crippen molar-refractivity contribution in [2.24, 2.45) is 0 Å². The Bertz CT molecular complexity index is 483. The molecule has 1 aliphatic heterocycles. The molecule has 2 N–H and O–H groups in total. The Morgan fingerprint density at radius 2 is 2.05 bits per heavy atom. The third-order valence-electron chi connectivity index (χ3n) is 3.82. The summed E-state index contributed by atoms with van der Waals surface area (Å²) in [6, 6.07) is 0.291. The number of aromatic nitrogens is 2. The molecule has 6 nitrogen and oxygen atoms in total. The van der Waals surface area contributed by atoms with Crippen LogP contribution >= 0.6 is 0 Å². The van der Waals surface area contributed by atoms with Gasteiger partial charge in [0.2, 0.25) is 5.91 Å². The molecule has 0 unspecified atom stereocenters. The molecule has 0 radical (unpaired) electrons. The van der Waals surface area contributed by atoms with Crippen molar-refractivity contribution in [3.05, 3.63) is 11.9 Å². The van der Waals surface area contributed by atoms with E-state index < -0.39 is 0 Å². The fourth-order valence-electron chi connectivity index (χ4n) is 2.84. The van der Waals surface area contributed by atoms with Crippen LogP contribution in [0.2, 0.25) is 0 Å². The maximum atomic E-state index is 11.1. The average molecular weight is 291 g/mol. The lowest BCUT2D eigenvalue weighted by Crippen LogP contribution is -2.44. The number of piperidine rings is 1. The first-order chi connectivity index (χ1) is 10.2. The number of rotatable bonds is 5. The number of anilines is 2. The average Bonchev–Trinajstić information content (AvgIpc) is 2.47. The van der Waals surface area contributed by atoms with Crippen LogP contribution in [0.5, 0.6) is 0 Å². The minimum Gasteiger partial charge on any atom is -0.370 e. The predicted octanol–water partition coefficient (Wildman–Crippen LogP) is 1.58. The molecule has 2 heterocycles. The van der Waals surface area contributed by atoms with E-state index in [2.05, 4.69) is 39.3 Å². The van der Waals surface area contributed by atoms with Gasteiger partial charge in [-0.05, 0) is 26.2 Å². The van der Waals surface area contributed by atoms with Crippen LogP contribution in [0.3, 0.4) is 0 Å². The van der Waals surface area contributed by atoms with Crippen LogP contribution in [0.4, 0.5) is 11.6 Å². The highest BCUT2D eigenvalue weighted by atomic mass is 16.1. The van der Waals surface area contributed by atoms with E-state index in [-0.39, 0.29) is 5.91 Å². The molecule has 1 amide bonds. The molecule has 1 saturated heterocycles. The number of amides is 1. The van der Waals surface area contributed by atoms with Crippen LogP contribution in [-0.2, 0) is 11.2 Å². The van der Waals surface area contributed by atoms with Gasteiger partial charge < -0.3 is 15.5 Å². The number of nitrogens with zero attached hydrogens (tertiary/aromatic N) is 3. The van der Waals surface area contributed by atoms with E-state index in [1.165, 1.54) is 5.56 Å². The summed E-state index contributed by atoms with van der Waals surface area (Å²) in [5.41, 5.74) is 1.18. The van der Waals surface area contributed by atoms with Crippen molar-refractivity contribution < 1.29 is 4.79 Å². The number of carbonyl (C=O) groups is 1. The van der Waals surface area contributed by atoms with Gasteiger partial charge in [-0.1, -0.05) is 6.92 Å². The first kappa shape index (κ1) is 15.5. The number of hydrogen-bond acceptors (Lipinski definition) is 5. The Kier molecular flexibility index (Phi) is 5.36. The Morgan fingerprint density at radius 3 is 2.62 bits per heavy atom. The van der Waals surface area contributed by atoms with Gasteiger partial charge in [-0.15, -0.1) is 0 Å². The van der Waals surface area contributed by atoms with Gasteiger partial charge in [-0.2, -0.15) is 0 Å². The minimum absolute atomic E-state index is 0.0548. The molecule has 1 fully saturated rings. The topological polar surface area (TPSA) is 70.2 Å². The Labute approximate surface area is 126 Å². The molecule has 2 rings (SSSR count). The van der Waals surface area contributed by atoms with E-state index in [9.17, 15) is 4.79 Å². The highest BCUT2D eigenvalue weighted by Crippen LogP contribution is 2.26. The Morgan fingerprint density at radius 1 is 1.33 bits per heavy atom. The smallest absolute Gasteiger partial charge is 0.217 e. The van der Waals surface area contributed by atoms with E-state index in [0.29, 0.717) is 6.04 Å². The van der Waals surface area contributed by atoms with Crippen LogP contribution in [0, 0.1) is 0 Å².